The Kier molecular flexibility index (Phi) is 5.52. The van der Waals surface area contributed by atoms with E-state index in [4.69, 9.17) is 0 Å². The molecule has 120 valence electrons. The van der Waals surface area contributed by atoms with E-state index in [9.17, 15) is 9.59 Å². The molecule has 0 aliphatic heterocycles. The van der Waals surface area contributed by atoms with Gasteiger partial charge in [-0.2, -0.15) is 0 Å². The molecule has 2 N–H and O–H groups in total. The molecule has 0 radical (unpaired) electrons. The zero-order valence-corrected chi connectivity index (χ0v) is 13.8. The lowest BCUT2D eigenvalue weighted by Crippen LogP contribution is -2.28. The van der Waals surface area contributed by atoms with Gasteiger partial charge in [-0.3, -0.25) is 9.59 Å². The fraction of sp³-hybridized carbons (Fsp3) is 0.263. The molecule has 0 bridgehead atoms. The van der Waals surface area contributed by atoms with Gasteiger partial charge in [0, 0.05) is 24.2 Å². The Balaban J connectivity index is 1.84. The van der Waals surface area contributed by atoms with Gasteiger partial charge in [0.25, 0.3) is 5.91 Å². The van der Waals surface area contributed by atoms with Crippen LogP contribution in [-0.2, 0) is 4.79 Å². The van der Waals surface area contributed by atoms with Gasteiger partial charge in [0.15, 0.2) is 0 Å². The molecule has 4 heteroatoms. The minimum absolute atomic E-state index is 0.108. The summed E-state index contributed by atoms with van der Waals surface area (Å²) in [4.78, 5) is 24.1. The highest BCUT2D eigenvalue weighted by molar-refractivity contribution is 5.96. The Morgan fingerprint density at radius 1 is 0.957 bits per heavy atom. The number of benzene rings is 2. The second-order valence-corrected chi connectivity index (χ2v) is 5.69. The van der Waals surface area contributed by atoms with Crippen molar-refractivity contribution in [2.75, 3.05) is 11.9 Å². The summed E-state index contributed by atoms with van der Waals surface area (Å²) in [6.07, 6.45) is 0.241. The van der Waals surface area contributed by atoms with E-state index < -0.39 is 0 Å². The quantitative estimate of drug-likeness (QED) is 0.889. The lowest BCUT2D eigenvalue weighted by molar-refractivity contribution is -0.116. The topological polar surface area (TPSA) is 58.2 Å². The molecule has 0 aliphatic rings. The van der Waals surface area contributed by atoms with Crippen LogP contribution in [-0.4, -0.2) is 18.4 Å². The van der Waals surface area contributed by atoms with Crippen molar-refractivity contribution in [3.63, 3.8) is 0 Å². The molecule has 2 aromatic carbocycles. The van der Waals surface area contributed by atoms with Crippen molar-refractivity contribution in [3.05, 3.63) is 64.7 Å². The summed E-state index contributed by atoms with van der Waals surface area (Å²) < 4.78 is 0. The normalized spacial score (nSPS) is 10.2. The first kappa shape index (κ1) is 16.7. The first-order valence-electron chi connectivity index (χ1n) is 7.68. The van der Waals surface area contributed by atoms with E-state index in [2.05, 4.69) is 10.6 Å². The summed E-state index contributed by atoms with van der Waals surface area (Å²) in [6.45, 7) is 6.14. The second-order valence-electron chi connectivity index (χ2n) is 5.69. The molecule has 0 unspecified atom stereocenters. The van der Waals surface area contributed by atoms with Crippen LogP contribution in [0.1, 0.15) is 33.5 Å². The van der Waals surface area contributed by atoms with Crippen LogP contribution in [0.2, 0.25) is 0 Å². The molecule has 0 atom stereocenters. The van der Waals surface area contributed by atoms with Gasteiger partial charge in [0.2, 0.25) is 5.91 Å². The number of hydrogen-bond donors (Lipinski definition) is 2. The van der Waals surface area contributed by atoms with Crippen molar-refractivity contribution in [3.8, 4) is 0 Å². The van der Waals surface area contributed by atoms with E-state index in [-0.39, 0.29) is 18.2 Å². The average molecular weight is 310 g/mol. The van der Waals surface area contributed by atoms with Crippen LogP contribution < -0.4 is 10.6 Å². The summed E-state index contributed by atoms with van der Waals surface area (Å²) >= 11 is 0. The molecule has 0 fully saturated rings. The van der Waals surface area contributed by atoms with Crippen LogP contribution in [0, 0.1) is 20.8 Å². The van der Waals surface area contributed by atoms with Crippen molar-refractivity contribution < 1.29 is 9.59 Å². The molecule has 23 heavy (non-hydrogen) atoms. The maximum atomic E-state index is 12.1. The van der Waals surface area contributed by atoms with Crippen molar-refractivity contribution >= 4 is 17.5 Å². The average Bonchev–Trinajstić information content (AvgIpc) is 2.51. The molecular formula is C19H22N2O2. The molecule has 2 rings (SSSR count). The first-order valence-corrected chi connectivity index (χ1v) is 7.68. The lowest BCUT2D eigenvalue weighted by Gasteiger charge is -2.10. The molecule has 0 aliphatic carbocycles. The molecule has 0 saturated heterocycles. The number of rotatable bonds is 5. The highest BCUT2D eigenvalue weighted by Crippen LogP contribution is 2.16. The predicted molar refractivity (Wildman–Crippen MR) is 92.7 cm³/mol. The molecule has 0 heterocycles. The van der Waals surface area contributed by atoms with Gasteiger partial charge in [0.05, 0.1) is 0 Å². The van der Waals surface area contributed by atoms with Crippen LogP contribution in [0.4, 0.5) is 5.69 Å². The molecule has 0 saturated carbocycles. The fourth-order valence-corrected chi connectivity index (χ4v) is 2.30. The summed E-state index contributed by atoms with van der Waals surface area (Å²) in [6, 6.07) is 13.3. The third-order valence-electron chi connectivity index (χ3n) is 3.69. The van der Waals surface area contributed by atoms with Crippen molar-refractivity contribution in [1.29, 1.82) is 0 Å². The van der Waals surface area contributed by atoms with Crippen molar-refractivity contribution in [2.24, 2.45) is 0 Å². The summed E-state index contributed by atoms with van der Waals surface area (Å²) in [5, 5.41) is 5.67. The van der Waals surface area contributed by atoms with Gasteiger partial charge in [-0.15, -0.1) is 0 Å². The van der Waals surface area contributed by atoms with E-state index in [1.165, 1.54) is 0 Å². The van der Waals surface area contributed by atoms with Gasteiger partial charge < -0.3 is 10.6 Å². The number of carbonyl (C=O) groups excluding carboxylic acids is 2. The van der Waals surface area contributed by atoms with E-state index in [1.807, 2.05) is 57.2 Å². The Bertz CT molecular complexity index is 723. The van der Waals surface area contributed by atoms with Gasteiger partial charge in [-0.25, -0.2) is 0 Å². The third kappa shape index (κ3) is 4.68. The zero-order chi connectivity index (χ0) is 16.8. The minimum atomic E-state index is -0.150. The Morgan fingerprint density at radius 3 is 2.43 bits per heavy atom. The maximum Gasteiger partial charge on any atom is 0.251 e. The van der Waals surface area contributed by atoms with Gasteiger partial charge >= 0.3 is 0 Å². The Labute approximate surface area is 136 Å². The van der Waals surface area contributed by atoms with Gasteiger partial charge in [-0.1, -0.05) is 30.3 Å². The van der Waals surface area contributed by atoms with Crippen LogP contribution >= 0.6 is 0 Å². The van der Waals surface area contributed by atoms with Crippen LogP contribution in [0.15, 0.2) is 42.5 Å². The van der Waals surface area contributed by atoms with E-state index >= 15 is 0 Å². The molecule has 4 nitrogen and oxygen atoms in total. The summed E-state index contributed by atoms with van der Waals surface area (Å²) in [5.74, 6) is -0.258. The fourth-order valence-electron chi connectivity index (χ4n) is 2.30. The van der Waals surface area contributed by atoms with E-state index in [0.29, 0.717) is 12.1 Å². The number of hydrogen-bond acceptors (Lipinski definition) is 2. The smallest absolute Gasteiger partial charge is 0.251 e. The SMILES string of the molecule is Cc1ccc(C)c(NC(=O)CCNC(=O)c2ccccc2C)c1. The van der Waals surface area contributed by atoms with Gasteiger partial charge in [0.1, 0.15) is 0 Å². The second kappa shape index (κ2) is 7.58. The standard InChI is InChI=1S/C19H22N2O2/c1-13-8-9-15(3)17(12-13)21-18(22)10-11-20-19(23)16-7-5-4-6-14(16)2/h4-9,12H,10-11H2,1-3H3,(H,20,23)(H,21,22). The number of amides is 2. The molecule has 0 spiro atoms. The largest absolute Gasteiger partial charge is 0.352 e. The first-order chi connectivity index (χ1) is 11.0. The van der Waals surface area contributed by atoms with Crippen LogP contribution in [0.3, 0.4) is 0 Å². The number of anilines is 1. The number of aryl methyl sites for hydroxylation is 3. The molecule has 2 aromatic rings. The maximum absolute atomic E-state index is 12.1. The summed E-state index contributed by atoms with van der Waals surface area (Å²) in [5.41, 5.74) is 4.50. The summed E-state index contributed by atoms with van der Waals surface area (Å²) in [7, 11) is 0. The third-order valence-corrected chi connectivity index (χ3v) is 3.69. The predicted octanol–water partition coefficient (Wildman–Crippen LogP) is 3.37. The van der Waals surface area contributed by atoms with Crippen LogP contribution in [0.25, 0.3) is 0 Å². The molecule has 2 amide bonds. The minimum Gasteiger partial charge on any atom is -0.352 e. The molecular weight excluding hydrogens is 288 g/mol. The van der Waals surface area contributed by atoms with E-state index in [1.54, 1.807) is 6.07 Å². The Morgan fingerprint density at radius 2 is 1.70 bits per heavy atom. The lowest BCUT2D eigenvalue weighted by atomic mass is 10.1. The molecule has 0 aromatic heterocycles. The van der Waals surface area contributed by atoms with E-state index in [0.717, 1.165) is 22.4 Å². The highest BCUT2D eigenvalue weighted by Gasteiger charge is 2.09. The number of nitrogens with one attached hydrogen (secondary N) is 2. The van der Waals surface area contributed by atoms with Crippen molar-refractivity contribution in [1.82, 2.24) is 5.32 Å². The van der Waals surface area contributed by atoms with Crippen molar-refractivity contribution in [2.45, 2.75) is 27.2 Å². The highest BCUT2D eigenvalue weighted by atomic mass is 16.2. The Hall–Kier alpha value is -2.62. The monoisotopic (exact) mass is 310 g/mol. The zero-order valence-electron chi connectivity index (χ0n) is 13.8. The number of carbonyl (C=O) groups is 2. The van der Waals surface area contributed by atoms with Gasteiger partial charge in [-0.05, 0) is 49.6 Å². The van der Waals surface area contributed by atoms with Crippen LogP contribution in [0.5, 0.6) is 0 Å².